The van der Waals surface area contributed by atoms with E-state index in [0.29, 0.717) is 6.42 Å². The normalized spacial score (nSPS) is 10.5. The van der Waals surface area contributed by atoms with E-state index in [2.05, 4.69) is 6.92 Å². The largest absolute Gasteiger partial charge is 0.369 e. The van der Waals surface area contributed by atoms with Gasteiger partial charge in [0.15, 0.2) is 0 Å². The van der Waals surface area contributed by atoms with Crippen LogP contribution in [0.15, 0.2) is 0 Å². The molecule has 3 heteroatoms. The number of carbonyl (C=O) groups excluding carboxylic acids is 1. The average Bonchev–Trinajstić information content (AvgIpc) is 2.02. The van der Waals surface area contributed by atoms with E-state index in [1.54, 1.807) is 14.1 Å². The molecule has 0 saturated heterocycles. The van der Waals surface area contributed by atoms with Gasteiger partial charge >= 0.3 is 5.97 Å². The molecule has 0 unspecified atom stereocenters. The van der Waals surface area contributed by atoms with Crippen molar-refractivity contribution in [1.82, 2.24) is 5.06 Å². The first kappa shape index (κ1) is 12.4. The molecule has 0 aliphatic carbocycles. The summed E-state index contributed by atoms with van der Waals surface area (Å²) >= 11 is 0. The molecule has 0 fully saturated rings. The summed E-state index contributed by atoms with van der Waals surface area (Å²) in [4.78, 5) is 15.9. The van der Waals surface area contributed by atoms with E-state index in [1.807, 2.05) is 0 Å². The molecule has 0 atom stereocenters. The van der Waals surface area contributed by atoms with Crippen LogP contribution in [-0.2, 0) is 9.63 Å². The van der Waals surface area contributed by atoms with Crippen LogP contribution >= 0.6 is 0 Å². The van der Waals surface area contributed by atoms with Crippen molar-refractivity contribution in [1.29, 1.82) is 0 Å². The summed E-state index contributed by atoms with van der Waals surface area (Å²) in [6.45, 7) is 2.18. The van der Waals surface area contributed by atoms with Gasteiger partial charge < -0.3 is 4.84 Å². The molecule has 0 rings (SSSR count). The Balaban J connectivity index is 3.17. The fourth-order valence-electron chi connectivity index (χ4n) is 1.12. The van der Waals surface area contributed by atoms with Crippen LogP contribution in [0.3, 0.4) is 0 Å². The molecule has 0 aliphatic heterocycles. The second kappa shape index (κ2) is 8.05. The standard InChI is InChI=1S/C10H21NO2/c1-4-5-6-7-8-9-10(12)13-11(2)3/h4-9H2,1-3H3. The zero-order valence-corrected chi connectivity index (χ0v) is 9.01. The van der Waals surface area contributed by atoms with E-state index >= 15 is 0 Å². The number of nitrogens with zero attached hydrogens (tertiary/aromatic N) is 1. The molecular weight excluding hydrogens is 166 g/mol. The fourth-order valence-corrected chi connectivity index (χ4v) is 1.12. The molecule has 0 aromatic rings. The SMILES string of the molecule is CCCCCCCC(=O)ON(C)C. The summed E-state index contributed by atoms with van der Waals surface area (Å²) in [5.74, 6) is -0.124. The van der Waals surface area contributed by atoms with Gasteiger partial charge in [-0.15, -0.1) is 5.06 Å². The molecule has 0 heterocycles. The predicted molar refractivity (Wildman–Crippen MR) is 53.2 cm³/mol. The fraction of sp³-hybridized carbons (Fsp3) is 0.900. The number of unbranched alkanes of at least 4 members (excludes halogenated alkanes) is 4. The maximum Gasteiger partial charge on any atom is 0.325 e. The average molecular weight is 187 g/mol. The monoisotopic (exact) mass is 187 g/mol. The third kappa shape index (κ3) is 9.34. The molecule has 0 aromatic carbocycles. The molecule has 0 saturated carbocycles. The van der Waals surface area contributed by atoms with Gasteiger partial charge in [-0.1, -0.05) is 32.6 Å². The van der Waals surface area contributed by atoms with Crippen LogP contribution in [0.4, 0.5) is 0 Å². The second-order valence-corrected chi connectivity index (χ2v) is 3.44. The highest BCUT2D eigenvalue weighted by atomic mass is 16.7. The Kier molecular flexibility index (Phi) is 7.69. The third-order valence-electron chi connectivity index (χ3n) is 1.77. The minimum atomic E-state index is -0.124. The Labute approximate surface area is 81.0 Å². The summed E-state index contributed by atoms with van der Waals surface area (Å²) in [7, 11) is 3.43. The number of hydrogen-bond acceptors (Lipinski definition) is 3. The summed E-state index contributed by atoms with van der Waals surface area (Å²) < 4.78 is 0. The van der Waals surface area contributed by atoms with E-state index < -0.39 is 0 Å². The highest BCUT2D eigenvalue weighted by molar-refractivity contribution is 5.68. The van der Waals surface area contributed by atoms with Gasteiger partial charge in [0.05, 0.1) is 0 Å². The van der Waals surface area contributed by atoms with Gasteiger partial charge in [0, 0.05) is 20.5 Å². The molecule has 0 radical (unpaired) electrons. The Bertz CT molecular complexity index is 135. The molecule has 0 spiro atoms. The molecule has 13 heavy (non-hydrogen) atoms. The Morgan fingerprint density at radius 1 is 1.15 bits per heavy atom. The molecule has 78 valence electrons. The van der Waals surface area contributed by atoms with Crippen LogP contribution in [0.25, 0.3) is 0 Å². The van der Waals surface area contributed by atoms with Gasteiger partial charge in [-0.25, -0.2) is 0 Å². The molecule has 0 amide bonds. The predicted octanol–water partition coefficient (Wildman–Crippen LogP) is 2.37. The van der Waals surface area contributed by atoms with E-state index in [1.165, 1.54) is 24.3 Å². The van der Waals surface area contributed by atoms with Gasteiger partial charge in [0.2, 0.25) is 0 Å². The topological polar surface area (TPSA) is 29.5 Å². The lowest BCUT2D eigenvalue weighted by Gasteiger charge is -2.09. The minimum Gasteiger partial charge on any atom is -0.369 e. The van der Waals surface area contributed by atoms with Crippen molar-refractivity contribution in [3.63, 3.8) is 0 Å². The van der Waals surface area contributed by atoms with Crippen LogP contribution in [0, 0.1) is 0 Å². The van der Waals surface area contributed by atoms with Crippen molar-refractivity contribution in [2.75, 3.05) is 14.1 Å². The van der Waals surface area contributed by atoms with Crippen molar-refractivity contribution >= 4 is 5.97 Å². The first-order valence-electron chi connectivity index (χ1n) is 5.05. The van der Waals surface area contributed by atoms with Gasteiger partial charge in [-0.2, -0.15) is 0 Å². The van der Waals surface area contributed by atoms with Crippen molar-refractivity contribution in [2.45, 2.75) is 45.4 Å². The zero-order chi connectivity index (χ0) is 10.1. The van der Waals surface area contributed by atoms with Crippen molar-refractivity contribution < 1.29 is 9.63 Å². The smallest absolute Gasteiger partial charge is 0.325 e. The highest BCUT2D eigenvalue weighted by Gasteiger charge is 2.03. The quantitative estimate of drug-likeness (QED) is 0.452. The molecule has 0 bridgehead atoms. The first-order valence-corrected chi connectivity index (χ1v) is 5.05. The van der Waals surface area contributed by atoms with Crippen LogP contribution in [0.1, 0.15) is 45.4 Å². The molecule has 0 aromatic heterocycles. The summed E-state index contributed by atoms with van der Waals surface area (Å²) in [5.41, 5.74) is 0. The van der Waals surface area contributed by atoms with Gasteiger partial charge in [-0.3, -0.25) is 4.79 Å². The maximum atomic E-state index is 11.0. The Hall–Kier alpha value is -0.570. The molecule has 0 N–H and O–H groups in total. The van der Waals surface area contributed by atoms with Crippen molar-refractivity contribution in [2.24, 2.45) is 0 Å². The van der Waals surface area contributed by atoms with Crippen molar-refractivity contribution in [3.05, 3.63) is 0 Å². The number of hydrogen-bond donors (Lipinski definition) is 0. The van der Waals surface area contributed by atoms with Gasteiger partial charge in [0.25, 0.3) is 0 Å². The third-order valence-corrected chi connectivity index (χ3v) is 1.77. The van der Waals surface area contributed by atoms with Gasteiger partial charge in [0.1, 0.15) is 0 Å². The Morgan fingerprint density at radius 3 is 2.31 bits per heavy atom. The molecule has 3 nitrogen and oxygen atoms in total. The number of carbonyl (C=O) groups is 1. The highest BCUT2D eigenvalue weighted by Crippen LogP contribution is 2.05. The number of hydroxylamine groups is 2. The second-order valence-electron chi connectivity index (χ2n) is 3.44. The first-order chi connectivity index (χ1) is 6.16. The van der Waals surface area contributed by atoms with E-state index in [-0.39, 0.29) is 5.97 Å². The lowest BCUT2D eigenvalue weighted by atomic mass is 10.1. The molecular formula is C10H21NO2. The van der Waals surface area contributed by atoms with Crippen LogP contribution in [0.2, 0.25) is 0 Å². The lowest BCUT2D eigenvalue weighted by Crippen LogP contribution is -2.18. The van der Waals surface area contributed by atoms with Crippen LogP contribution in [0.5, 0.6) is 0 Å². The van der Waals surface area contributed by atoms with Crippen LogP contribution < -0.4 is 0 Å². The van der Waals surface area contributed by atoms with Gasteiger partial charge in [-0.05, 0) is 6.42 Å². The van der Waals surface area contributed by atoms with Crippen LogP contribution in [-0.4, -0.2) is 25.1 Å². The van der Waals surface area contributed by atoms with E-state index in [0.717, 1.165) is 12.8 Å². The minimum absolute atomic E-state index is 0.124. The van der Waals surface area contributed by atoms with E-state index in [9.17, 15) is 4.79 Å². The summed E-state index contributed by atoms with van der Waals surface area (Å²) in [6.07, 6.45) is 6.36. The van der Waals surface area contributed by atoms with Crippen molar-refractivity contribution in [3.8, 4) is 0 Å². The lowest BCUT2D eigenvalue weighted by molar-refractivity contribution is -0.178. The zero-order valence-electron chi connectivity index (χ0n) is 9.01. The van der Waals surface area contributed by atoms with E-state index in [4.69, 9.17) is 4.84 Å². The molecule has 0 aliphatic rings. The maximum absolute atomic E-state index is 11.0. The summed E-state index contributed by atoms with van der Waals surface area (Å²) in [5, 5.41) is 1.44. The summed E-state index contributed by atoms with van der Waals surface area (Å²) in [6, 6.07) is 0. The Morgan fingerprint density at radius 2 is 1.77 bits per heavy atom. The number of rotatable bonds is 7.